The molecule has 0 aromatic carbocycles. The van der Waals surface area contributed by atoms with Crippen LogP contribution in [0.15, 0.2) is 5.51 Å². The number of nitrogens with one attached hydrogen (secondary N) is 1. The number of aryl methyl sites for hydroxylation is 1. The van der Waals surface area contributed by atoms with Crippen molar-refractivity contribution in [3.63, 3.8) is 0 Å². The lowest BCUT2D eigenvalue weighted by atomic mass is 9.95. The number of nitrogens with zero attached hydrogens (tertiary/aromatic N) is 1. The number of thiazole rings is 1. The first-order valence-corrected chi connectivity index (χ1v) is 8.63. The highest BCUT2D eigenvalue weighted by Gasteiger charge is 2.23. The maximum absolute atomic E-state index is 4.30. The molecule has 1 fully saturated rings. The van der Waals surface area contributed by atoms with E-state index in [1.165, 1.54) is 36.3 Å². The molecule has 0 aliphatic heterocycles. The minimum atomic E-state index is 0.729. The Hall–Kier alpha value is -0.0600. The molecule has 4 heteroatoms. The molecule has 1 aliphatic rings. The maximum atomic E-state index is 4.30. The average molecular weight is 270 g/mol. The fourth-order valence-corrected chi connectivity index (χ4v) is 4.29. The van der Waals surface area contributed by atoms with Crippen molar-refractivity contribution in [1.82, 2.24) is 10.3 Å². The van der Waals surface area contributed by atoms with Crippen LogP contribution in [0.5, 0.6) is 0 Å². The van der Waals surface area contributed by atoms with Gasteiger partial charge in [0.05, 0.1) is 11.2 Å². The number of thioether (sulfide) groups is 1. The van der Waals surface area contributed by atoms with Crippen LogP contribution in [-0.4, -0.2) is 29.1 Å². The Morgan fingerprint density at radius 2 is 2.29 bits per heavy atom. The summed E-state index contributed by atoms with van der Waals surface area (Å²) in [5, 5.41) is 4.57. The van der Waals surface area contributed by atoms with Crippen LogP contribution in [0.3, 0.4) is 0 Å². The third-order valence-electron chi connectivity index (χ3n) is 3.61. The number of aromatic nitrogens is 1. The van der Waals surface area contributed by atoms with E-state index in [4.69, 9.17) is 0 Å². The van der Waals surface area contributed by atoms with E-state index in [0.717, 1.165) is 24.3 Å². The molecule has 0 spiro atoms. The summed E-state index contributed by atoms with van der Waals surface area (Å²) in [5.41, 5.74) is 3.16. The third-order valence-corrected chi connectivity index (χ3v) is 5.77. The first-order valence-electron chi connectivity index (χ1n) is 6.46. The molecule has 1 aromatic heterocycles. The summed E-state index contributed by atoms with van der Waals surface area (Å²) in [5.74, 6) is 0. The van der Waals surface area contributed by atoms with Crippen LogP contribution in [0.1, 0.15) is 36.3 Å². The Labute approximate surface area is 113 Å². The van der Waals surface area contributed by atoms with Gasteiger partial charge >= 0.3 is 0 Å². The van der Waals surface area contributed by atoms with Crippen molar-refractivity contribution < 1.29 is 0 Å². The van der Waals surface area contributed by atoms with E-state index >= 15 is 0 Å². The molecule has 2 rings (SSSR count). The molecule has 1 aliphatic carbocycles. The largest absolute Gasteiger partial charge is 0.313 e. The van der Waals surface area contributed by atoms with Crippen LogP contribution in [0.25, 0.3) is 0 Å². The second kappa shape index (κ2) is 6.76. The van der Waals surface area contributed by atoms with Crippen molar-refractivity contribution in [1.29, 1.82) is 0 Å². The first-order chi connectivity index (χ1) is 8.31. The van der Waals surface area contributed by atoms with Gasteiger partial charge in [-0.1, -0.05) is 12.8 Å². The highest BCUT2D eigenvalue weighted by atomic mass is 32.2. The summed E-state index contributed by atoms with van der Waals surface area (Å²) in [6, 6.07) is 0.729. The molecule has 0 bridgehead atoms. The zero-order valence-corrected chi connectivity index (χ0v) is 12.4. The lowest BCUT2D eigenvalue weighted by molar-refractivity contribution is 0.386. The third kappa shape index (κ3) is 3.70. The Kier molecular flexibility index (Phi) is 5.32. The van der Waals surface area contributed by atoms with Crippen molar-refractivity contribution in [3.8, 4) is 0 Å². The van der Waals surface area contributed by atoms with Crippen molar-refractivity contribution >= 4 is 23.1 Å². The molecule has 17 heavy (non-hydrogen) atoms. The van der Waals surface area contributed by atoms with Gasteiger partial charge in [0.1, 0.15) is 0 Å². The average Bonchev–Trinajstić information content (AvgIpc) is 2.76. The van der Waals surface area contributed by atoms with Crippen LogP contribution in [0.4, 0.5) is 0 Å². The summed E-state index contributed by atoms with van der Waals surface area (Å²) in [7, 11) is 0. The highest BCUT2D eigenvalue weighted by molar-refractivity contribution is 7.99. The smallest absolute Gasteiger partial charge is 0.0797 e. The first kappa shape index (κ1) is 13.4. The molecule has 2 nitrogen and oxygen atoms in total. The zero-order chi connectivity index (χ0) is 12.1. The molecule has 0 saturated heterocycles. The monoisotopic (exact) mass is 270 g/mol. The van der Waals surface area contributed by atoms with Gasteiger partial charge in [-0.2, -0.15) is 11.8 Å². The SMILES string of the molecule is CSC1CCCCC1NCCc1scnc1C. The second-order valence-electron chi connectivity index (χ2n) is 4.73. The lowest BCUT2D eigenvalue weighted by Crippen LogP contribution is -2.41. The predicted molar refractivity (Wildman–Crippen MR) is 78.1 cm³/mol. The molecule has 2 unspecified atom stereocenters. The molecule has 0 amide bonds. The normalized spacial score (nSPS) is 25.1. The maximum Gasteiger partial charge on any atom is 0.0797 e. The fraction of sp³-hybridized carbons (Fsp3) is 0.769. The van der Waals surface area contributed by atoms with Crippen LogP contribution in [0.2, 0.25) is 0 Å². The minimum absolute atomic E-state index is 0.729. The van der Waals surface area contributed by atoms with E-state index in [-0.39, 0.29) is 0 Å². The summed E-state index contributed by atoms with van der Waals surface area (Å²) in [6.07, 6.45) is 8.93. The van der Waals surface area contributed by atoms with Gasteiger partial charge < -0.3 is 5.32 Å². The van der Waals surface area contributed by atoms with Gasteiger partial charge in [-0.15, -0.1) is 11.3 Å². The van der Waals surface area contributed by atoms with Crippen molar-refractivity contribution in [2.24, 2.45) is 0 Å². The van der Waals surface area contributed by atoms with Gasteiger partial charge in [0.15, 0.2) is 0 Å². The lowest BCUT2D eigenvalue weighted by Gasteiger charge is -2.31. The summed E-state index contributed by atoms with van der Waals surface area (Å²) >= 11 is 3.82. The Morgan fingerprint density at radius 3 is 3.00 bits per heavy atom. The number of rotatable bonds is 5. The van der Waals surface area contributed by atoms with Crippen LogP contribution < -0.4 is 5.32 Å². The minimum Gasteiger partial charge on any atom is -0.313 e. The second-order valence-corrected chi connectivity index (χ2v) is 6.75. The van der Waals surface area contributed by atoms with Crippen molar-refractivity contribution in [3.05, 3.63) is 16.1 Å². The molecule has 1 heterocycles. The topological polar surface area (TPSA) is 24.9 Å². The van der Waals surface area contributed by atoms with Gasteiger partial charge in [0.25, 0.3) is 0 Å². The quantitative estimate of drug-likeness (QED) is 0.889. The van der Waals surface area contributed by atoms with Crippen molar-refractivity contribution in [2.45, 2.75) is 50.3 Å². The summed E-state index contributed by atoms with van der Waals surface area (Å²) in [6.45, 7) is 3.21. The van der Waals surface area contributed by atoms with E-state index in [1.54, 1.807) is 11.3 Å². The Morgan fingerprint density at radius 1 is 1.47 bits per heavy atom. The zero-order valence-electron chi connectivity index (χ0n) is 10.7. The molecule has 1 aromatic rings. The van der Waals surface area contributed by atoms with E-state index in [1.807, 2.05) is 17.3 Å². The van der Waals surface area contributed by atoms with E-state index in [2.05, 4.69) is 23.5 Å². The van der Waals surface area contributed by atoms with Gasteiger partial charge in [-0.3, -0.25) is 0 Å². The Balaban J connectivity index is 1.75. The molecular weight excluding hydrogens is 248 g/mol. The number of hydrogen-bond acceptors (Lipinski definition) is 4. The van der Waals surface area contributed by atoms with Crippen molar-refractivity contribution in [2.75, 3.05) is 12.8 Å². The molecular formula is C13H22N2S2. The van der Waals surface area contributed by atoms with Gasteiger partial charge in [0, 0.05) is 22.7 Å². The van der Waals surface area contributed by atoms with E-state index in [0.29, 0.717) is 0 Å². The molecule has 0 radical (unpaired) electrons. The van der Waals surface area contributed by atoms with Crippen LogP contribution in [0, 0.1) is 6.92 Å². The van der Waals surface area contributed by atoms with Gasteiger partial charge in [0.2, 0.25) is 0 Å². The van der Waals surface area contributed by atoms with E-state index in [9.17, 15) is 0 Å². The van der Waals surface area contributed by atoms with E-state index < -0.39 is 0 Å². The molecule has 96 valence electrons. The van der Waals surface area contributed by atoms with Crippen LogP contribution >= 0.6 is 23.1 Å². The molecule has 1 N–H and O–H groups in total. The summed E-state index contributed by atoms with van der Waals surface area (Å²) < 4.78 is 0. The van der Waals surface area contributed by atoms with Gasteiger partial charge in [-0.25, -0.2) is 4.98 Å². The highest BCUT2D eigenvalue weighted by Crippen LogP contribution is 2.27. The predicted octanol–water partition coefficient (Wildman–Crippen LogP) is 3.26. The fourth-order valence-electron chi connectivity index (χ4n) is 2.55. The Bertz CT molecular complexity index is 338. The molecule has 1 saturated carbocycles. The van der Waals surface area contributed by atoms with Crippen LogP contribution in [-0.2, 0) is 6.42 Å². The standard InChI is InChI=1S/C13H22N2S2/c1-10-12(17-9-15-10)7-8-14-11-5-3-4-6-13(11)16-2/h9,11,13-14H,3-8H2,1-2H3. The summed E-state index contributed by atoms with van der Waals surface area (Å²) in [4.78, 5) is 5.74. The van der Waals surface area contributed by atoms with Gasteiger partial charge in [-0.05, 0) is 32.4 Å². The number of hydrogen-bond donors (Lipinski definition) is 1. The molecule has 2 atom stereocenters.